The van der Waals surface area contributed by atoms with Crippen LogP contribution >= 0.6 is 0 Å². The summed E-state index contributed by atoms with van der Waals surface area (Å²) in [6.45, 7) is 0.654. The molecule has 0 radical (unpaired) electrons. The van der Waals surface area contributed by atoms with Crippen LogP contribution in [0.3, 0.4) is 0 Å². The Morgan fingerprint density at radius 3 is 2.70 bits per heavy atom. The van der Waals surface area contributed by atoms with Crippen LogP contribution in [0.5, 0.6) is 5.75 Å². The quantitative estimate of drug-likeness (QED) is 0.510. The minimum atomic E-state index is -0.107. The molecular formula is C18H17N7O2. The minimum Gasteiger partial charge on any atom is -0.494 e. The van der Waals surface area contributed by atoms with Crippen LogP contribution in [0.2, 0.25) is 0 Å². The molecule has 0 atom stereocenters. The third-order valence-corrected chi connectivity index (χ3v) is 4.01. The fraction of sp³-hybridized carbons (Fsp3) is 0.167. The molecule has 27 heavy (non-hydrogen) atoms. The zero-order valence-electron chi connectivity index (χ0n) is 14.6. The van der Waals surface area contributed by atoms with Crippen molar-refractivity contribution in [1.82, 2.24) is 34.1 Å². The van der Waals surface area contributed by atoms with E-state index in [0.717, 1.165) is 5.69 Å². The molecule has 4 aromatic rings. The van der Waals surface area contributed by atoms with Gasteiger partial charge in [0.05, 0.1) is 13.7 Å². The lowest BCUT2D eigenvalue weighted by atomic mass is 10.3. The first-order valence-electron chi connectivity index (χ1n) is 8.30. The topological polar surface area (TPSA) is 92.7 Å². The number of nitrogens with zero attached hydrogens (tertiary/aromatic N) is 7. The molecule has 9 heteroatoms. The second-order valence-corrected chi connectivity index (χ2v) is 5.79. The van der Waals surface area contributed by atoms with Gasteiger partial charge in [0.25, 0.3) is 5.56 Å². The van der Waals surface area contributed by atoms with Gasteiger partial charge in [-0.15, -0.1) is 5.10 Å². The number of methoxy groups -OCH3 is 1. The van der Waals surface area contributed by atoms with Gasteiger partial charge in [0.15, 0.2) is 11.6 Å². The fourth-order valence-corrected chi connectivity index (χ4v) is 2.76. The Morgan fingerprint density at radius 1 is 1.07 bits per heavy atom. The second-order valence-electron chi connectivity index (χ2n) is 5.79. The van der Waals surface area contributed by atoms with E-state index in [0.29, 0.717) is 23.9 Å². The Labute approximate surface area is 154 Å². The highest BCUT2D eigenvalue weighted by Crippen LogP contribution is 2.23. The van der Waals surface area contributed by atoms with Crippen LogP contribution in [0.1, 0.15) is 11.6 Å². The van der Waals surface area contributed by atoms with Gasteiger partial charge in [0.2, 0.25) is 0 Å². The summed E-state index contributed by atoms with van der Waals surface area (Å²) in [5.41, 5.74) is 0.640. The monoisotopic (exact) mass is 363 g/mol. The van der Waals surface area contributed by atoms with Crippen LogP contribution in [0, 0.1) is 0 Å². The molecule has 1 aromatic carbocycles. The molecule has 0 aliphatic rings. The standard InChI is InChI=1S/C18H17N7O2/c1-27-15-7-3-2-6-14(15)25-17(11-23-9-5-4-8-18(23)26)21-16(22-25)10-24-13-19-12-20-24/h2-9,12-13H,10-11H2,1H3. The number of hydrogen-bond acceptors (Lipinski definition) is 6. The molecule has 0 saturated carbocycles. The molecule has 4 rings (SSSR count). The zero-order chi connectivity index (χ0) is 18.6. The van der Waals surface area contributed by atoms with Gasteiger partial charge in [-0.2, -0.15) is 5.10 Å². The van der Waals surface area contributed by atoms with E-state index in [1.807, 2.05) is 30.3 Å². The molecule has 3 heterocycles. The Balaban J connectivity index is 1.78. The highest BCUT2D eigenvalue weighted by molar-refractivity contribution is 5.46. The summed E-state index contributed by atoms with van der Waals surface area (Å²) in [6.07, 6.45) is 4.79. The first-order chi connectivity index (χ1) is 13.2. The van der Waals surface area contributed by atoms with Gasteiger partial charge in [0, 0.05) is 12.3 Å². The van der Waals surface area contributed by atoms with Gasteiger partial charge < -0.3 is 9.30 Å². The maximum Gasteiger partial charge on any atom is 0.250 e. The highest BCUT2D eigenvalue weighted by Gasteiger charge is 2.16. The molecule has 0 unspecified atom stereocenters. The second kappa shape index (κ2) is 7.24. The lowest BCUT2D eigenvalue weighted by Gasteiger charge is -2.11. The van der Waals surface area contributed by atoms with Crippen molar-refractivity contribution < 1.29 is 4.74 Å². The van der Waals surface area contributed by atoms with E-state index in [4.69, 9.17) is 4.74 Å². The lowest BCUT2D eigenvalue weighted by Crippen LogP contribution is -2.20. The van der Waals surface area contributed by atoms with Crippen LogP contribution in [-0.4, -0.2) is 41.2 Å². The number of rotatable bonds is 6. The zero-order valence-corrected chi connectivity index (χ0v) is 14.6. The van der Waals surface area contributed by atoms with Crippen molar-refractivity contribution in [2.75, 3.05) is 7.11 Å². The summed E-state index contributed by atoms with van der Waals surface area (Å²) in [4.78, 5) is 20.7. The number of benzene rings is 1. The van der Waals surface area contributed by atoms with Gasteiger partial charge in [-0.05, 0) is 18.2 Å². The van der Waals surface area contributed by atoms with E-state index >= 15 is 0 Å². The van der Waals surface area contributed by atoms with Crippen LogP contribution in [0.25, 0.3) is 5.69 Å². The van der Waals surface area contributed by atoms with Gasteiger partial charge >= 0.3 is 0 Å². The maximum absolute atomic E-state index is 12.1. The Kier molecular flexibility index (Phi) is 4.48. The molecule has 0 fully saturated rings. The molecule has 0 amide bonds. The summed E-state index contributed by atoms with van der Waals surface area (Å²) >= 11 is 0. The molecule has 0 spiro atoms. The summed E-state index contributed by atoms with van der Waals surface area (Å²) < 4.78 is 10.4. The normalized spacial score (nSPS) is 10.9. The number of pyridine rings is 1. The predicted molar refractivity (Wildman–Crippen MR) is 96.8 cm³/mol. The Morgan fingerprint density at radius 2 is 1.93 bits per heavy atom. The molecule has 0 aliphatic carbocycles. The number of hydrogen-bond donors (Lipinski definition) is 0. The average molecular weight is 363 g/mol. The van der Waals surface area contributed by atoms with E-state index in [-0.39, 0.29) is 12.1 Å². The van der Waals surface area contributed by atoms with Crippen molar-refractivity contribution in [1.29, 1.82) is 0 Å². The van der Waals surface area contributed by atoms with E-state index in [9.17, 15) is 4.79 Å². The molecule has 0 N–H and O–H groups in total. The van der Waals surface area contributed by atoms with Crippen LogP contribution in [-0.2, 0) is 13.1 Å². The van der Waals surface area contributed by atoms with Crippen molar-refractivity contribution in [3.63, 3.8) is 0 Å². The highest BCUT2D eigenvalue weighted by atomic mass is 16.5. The van der Waals surface area contributed by atoms with Gasteiger partial charge in [0.1, 0.15) is 30.6 Å². The van der Waals surface area contributed by atoms with Gasteiger partial charge in [-0.25, -0.2) is 19.3 Å². The minimum absolute atomic E-state index is 0.107. The SMILES string of the molecule is COc1ccccc1-n1nc(Cn2cncn2)nc1Cn1ccccc1=O. The van der Waals surface area contributed by atoms with E-state index in [1.165, 1.54) is 12.4 Å². The molecule has 9 nitrogen and oxygen atoms in total. The Bertz CT molecular complexity index is 1100. The van der Waals surface area contributed by atoms with Crippen molar-refractivity contribution >= 4 is 0 Å². The summed E-state index contributed by atoms with van der Waals surface area (Å²) in [5.74, 6) is 1.84. The summed E-state index contributed by atoms with van der Waals surface area (Å²) in [5, 5.41) is 8.70. The third-order valence-electron chi connectivity index (χ3n) is 4.01. The van der Waals surface area contributed by atoms with E-state index in [1.54, 1.807) is 39.6 Å². The summed E-state index contributed by atoms with van der Waals surface area (Å²) in [7, 11) is 1.60. The first-order valence-corrected chi connectivity index (χ1v) is 8.30. The maximum atomic E-state index is 12.1. The van der Waals surface area contributed by atoms with Gasteiger partial charge in [-0.3, -0.25) is 4.79 Å². The van der Waals surface area contributed by atoms with Crippen LogP contribution in [0.15, 0.2) is 66.1 Å². The van der Waals surface area contributed by atoms with Crippen molar-refractivity contribution in [2.24, 2.45) is 0 Å². The Hall–Kier alpha value is -3.75. The summed E-state index contributed by atoms with van der Waals surface area (Å²) in [6, 6.07) is 12.6. The van der Waals surface area contributed by atoms with Gasteiger partial charge in [-0.1, -0.05) is 18.2 Å². The molecule has 0 saturated heterocycles. The number of para-hydroxylation sites is 2. The smallest absolute Gasteiger partial charge is 0.250 e. The number of aromatic nitrogens is 7. The van der Waals surface area contributed by atoms with Crippen molar-refractivity contribution in [3.05, 3.63) is 83.3 Å². The molecule has 3 aromatic heterocycles. The van der Waals surface area contributed by atoms with E-state index in [2.05, 4.69) is 20.2 Å². The first kappa shape index (κ1) is 16.7. The van der Waals surface area contributed by atoms with Crippen molar-refractivity contribution in [2.45, 2.75) is 13.1 Å². The molecular weight excluding hydrogens is 346 g/mol. The van der Waals surface area contributed by atoms with Crippen LogP contribution in [0.4, 0.5) is 0 Å². The largest absolute Gasteiger partial charge is 0.494 e. The predicted octanol–water partition coefficient (Wildman–Crippen LogP) is 1.13. The lowest BCUT2D eigenvalue weighted by molar-refractivity contribution is 0.411. The van der Waals surface area contributed by atoms with Crippen LogP contribution < -0.4 is 10.3 Å². The average Bonchev–Trinajstić information content (AvgIpc) is 3.34. The molecule has 136 valence electrons. The van der Waals surface area contributed by atoms with Crippen molar-refractivity contribution in [3.8, 4) is 11.4 Å². The van der Waals surface area contributed by atoms with E-state index < -0.39 is 0 Å². The number of ether oxygens (including phenoxy) is 1. The fourth-order valence-electron chi connectivity index (χ4n) is 2.76. The molecule has 0 aliphatic heterocycles. The third kappa shape index (κ3) is 3.47. The molecule has 0 bridgehead atoms.